The fourth-order valence-electron chi connectivity index (χ4n) is 2.80. The summed E-state index contributed by atoms with van der Waals surface area (Å²) in [4.78, 5) is 34.7. The van der Waals surface area contributed by atoms with Crippen LogP contribution in [0.1, 0.15) is 11.3 Å². The van der Waals surface area contributed by atoms with Gasteiger partial charge in [0.1, 0.15) is 0 Å². The molecule has 0 aromatic carbocycles. The van der Waals surface area contributed by atoms with Crippen molar-refractivity contribution >= 4 is 39.6 Å². The topological polar surface area (TPSA) is 91.6 Å². The van der Waals surface area contributed by atoms with E-state index in [9.17, 15) is 9.59 Å². The SMILES string of the molecule is CN1CCN(C(=O)CNC(=O)CCc2sc(N)nc2-c2cccs2)CC1. The van der Waals surface area contributed by atoms with Gasteiger partial charge in [0.2, 0.25) is 11.8 Å². The van der Waals surface area contributed by atoms with E-state index in [2.05, 4.69) is 15.2 Å². The number of nitrogens with two attached hydrogens (primary N) is 1. The maximum atomic E-state index is 12.2. The van der Waals surface area contributed by atoms with E-state index >= 15 is 0 Å². The summed E-state index contributed by atoms with van der Waals surface area (Å²) < 4.78 is 0. The number of carbonyl (C=O) groups excluding carboxylic acids is 2. The number of likely N-dealkylation sites (N-methyl/N-ethyl adjacent to an activating group) is 1. The van der Waals surface area contributed by atoms with Crippen molar-refractivity contribution in [2.45, 2.75) is 12.8 Å². The molecular weight excluding hydrogens is 370 g/mol. The van der Waals surface area contributed by atoms with Crippen LogP contribution in [0.4, 0.5) is 5.13 Å². The number of aromatic nitrogens is 1. The first-order valence-electron chi connectivity index (χ1n) is 8.55. The number of rotatable bonds is 6. The molecule has 1 fully saturated rings. The predicted molar refractivity (Wildman–Crippen MR) is 105 cm³/mol. The highest BCUT2D eigenvalue weighted by molar-refractivity contribution is 7.17. The fourth-order valence-corrected chi connectivity index (χ4v) is 4.45. The fraction of sp³-hybridized carbons (Fsp3) is 0.471. The van der Waals surface area contributed by atoms with E-state index in [1.54, 1.807) is 16.2 Å². The molecule has 0 saturated carbocycles. The lowest BCUT2D eigenvalue weighted by Gasteiger charge is -2.32. The summed E-state index contributed by atoms with van der Waals surface area (Å²) in [5.74, 6) is -0.149. The van der Waals surface area contributed by atoms with Crippen molar-refractivity contribution in [3.63, 3.8) is 0 Å². The quantitative estimate of drug-likeness (QED) is 0.771. The zero-order chi connectivity index (χ0) is 18.5. The summed E-state index contributed by atoms with van der Waals surface area (Å²) in [6.45, 7) is 3.24. The number of thiophene rings is 1. The molecule has 2 amide bonds. The van der Waals surface area contributed by atoms with E-state index in [1.165, 1.54) is 11.3 Å². The van der Waals surface area contributed by atoms with Crippen LogP contribution >= 0.6 is 22.7 Å². The molecule has 0 bridgehead atoms. The van der Waals surface area contributed by atoms with Gasteiger partial charge in [-0.05, 0) is 24.9 Å². The van der Waals surface area contributed by atoms with Crippen LogP contribution < -0.4 is 11.1 Å². The number of anilines is 1. The third-order valence-corrected chi connectivity index (χ3v) is 6.16. The van der Waals surface area contributed by atoms with Crippen LogP contribution in [0.25, 0.3) is 10.6 Å². The van der Waals surface area contributed by atoms with Gasteiger partial charge in [0.05, 0.1) is 17.1 Å². The third-order valence-electron chi connectivity index (χ3n) is 4.34. The Morgan fingerprint density at radius 1 is 1.31 bits per heavy atom. The second-order valence-electron chi connectivity index (χ2n) is 6.26. The van der Waals surface area contributed by atoms with Crippen molar-refractivity contribution in [3.05, 3.63) is 22.4 Å². The molecular formula is C17H23N5O2S2. The van der Waals surface area contributed by atoms with Gasteiger partial charge in [-0.1, -0.05) is 6.07 Å². The van der Waals surface area contributed by atoms with Crippen molar-refractivity contribution in [2.75, 3.05) is 45.5 Å². The van der Waals surface area contributed by atoms with Crippen molar-refractivity contribution in [1.82, 2.24) is 20.1 Å². The molecule has 2 aromatic rings. The number of aryl methyl sites for hydroxylation is 1. The third kappa shape index (κ3) is 4.80. The average Bonchev–Trinajstić information content (AvgIpc) is 3.27. The van der Waals surface area contributed by atoms with E-state index < -0.39 is 0 Å². The molecule has 7 nitrogen and oxygen atoms in total. The summed E-state index contributed by atoms with van der Waals surface area (Å²) in [6.07, 6.45) is 0.882. The summed E-state index contributed by atoms with van der Waals surface area (Å²) >= 11 is 3.02. The van der Waals surface area contributed by atoms with E-state index in [4.69, 9.17) is 5.73 Å². The summed E-state index contributed by atoms with van der Waals surface area (Å²) in [6, 6.07) is 3.97. The monoisotopic (exact) mass is 393 g/mol. The Morgan fingerprint density at radius 2 is 2.08 bits per heavy atom. The van der Waals surface area contributed by atoms with Crippen molar-refractivity contribution in [2.24, 2.45) is 0 Å². The number of amides is 2. The minimum Gasteiger partial charge on any atom is -0.375 e. The number of nitrogen functional groups attached to an aromatic ring is 1. The Labute approximate surface area is 160 Å². The van der Waals surface area contributed by atoms with Gasteiger partial charge in [-0.25, -0.2) is 4.98 Å². The van der Waals surface area contributed by atoms with Crippen LogP contribution in [0.2, 0.25) is 0 Å². The van der Waals surface area contributed by atoms with Gasteiger partial charge in [0.25, 0.3) is 0 Å². The first-order chi connectivity index (χ1) is 12.5. The maximum absolute atomic E-state index is 12.2. The Balaban J connectivity index is 1.47. The Kier molecular flexibility index (Phi) is 6.23. The van der Waals surface area contributed by atoms with Gasteiger partial charge in [-0.3, -0.25) is 9.59 Å². The zero-order valence-electron chi connectivity index (χ0n) is 14.7. The van der Waals surface area contributed by atoms with Crippen molar-refractivity contribution in [3.8, 4) is 10.6 Å². The molecule has 3 N–H and O–H groups in total. The standard InChI is InChI=1S/C17H23N5O2S2/c1-21-6-8-22(9-7-21)15(24)11-19-14(23)5-4-13-16(20-17(18)26-13)12-3-2-10-25-12/h2-3,10H,4-9,11H2,1H3,(H2,18,20)(H,19,23). The minimum atomic E-state index is -0.128. The van der Waals surface area contributed by atoms with Gasteiger partial charge >= 0.3 is 0 Å². The molecule has 0 spiro atoms. The average molecular weight is 394 g/mol. The first kappa shape index (κ1) is 18.8. The van der Waals surface area contributed by atoms with Gasteiger partial charge in [-0.2, -0.15) is 0 Å². The molecule has 26 heavy (non-hydrogen) atoms. The highest BCUT2D eigenvalue weighted by Crippen LogP contribution is 2.33. The molecule has 0 unspecified atom stereocenters. The molecule has 1 saturated heterocycles. The number of thiazole rings is 1. The molecule has 2 aromatic heterocycles. The van der Waals surface area contributed by atoms with Crippen LogP contribution in [0, 0.1) is 0 Å². The van der Waals surface area contributed by atoms with E-state index in [0.29, 0.717) is 18.0 Å². The Bertz CT molecular complexity index is 751. The predicted octanol–water partition coefficient (Wildman–Crippen LogP) is 1.28. The molecule has 140 valence electrons. The normalized spacial score (nSPS) is 15.2. The number of nitrogens with zero attached hydrogens (tertiary/aromatic N) is 3. The van der Waals surface area contributed by atoms with Crippen LogP contribution in [-0.2, 0) is 16.0 Å². The van der Waals surface area contributed by atoms with Crippen molar-refractivity contribution < 1.29 is 9.59 Å². The van der Waals surface area contributed by atoms with E-state index in [-0.39, 0.29) is 18.4 Å². The smallest absolute Gasteiger partial charge is 0.242 e. The highest BCUT2D eigenvalue weighted by Gasteiger charge is 2.19. The maximum Gasteiger partial charge on any atom is 0.242 e. The Morgan fingerprint density at radius 3 is 2.77 bits per heavy atom. The minimum absolute atomic E-state index is 0.0206. The molecule has 3 rings (SSSR count). The number of hydrogen-bond acceptors (Lipinski definition) is 7. The van der Waals surface area contributed by atoms with E-state index in [1.807, 2.05) is 24.6 Å². The molecule has 0 atom stereocenters. The largest absolute Gasteiger partial charge is 0.375 e. The highest BCUT2D eigenvalue weighted by atomic mass is 32.1. The molecule has 1 aliphatic heterocycles. The number of nitrogens with one attached hydrogen (secondary N) is 1. The lowest BCUT2D eigenvalue weighted by Crippen LogP contribution is -2.50. The molecule has 9 heteroatoms. The molecule has 1 aliphatic rings. The van der Waals surface area contributed by atoms with Gasteiger partial charge in [0, 0.05) is 37.5 Å². The molecule has 0 aliphatic carbocycles. The summed E-state index contributed by atoms with van der Waals surface area (Å²) in [5.41, 5.74) is 6.71. The van der Waals surface area contributed by atoms with Crippen LogP contribution in [0.5, 0.6) is 0 Å². The van der Waals surface area contributed by atoms with Crippen LogP contribution in [0.15, 0.2) is 17.5 Å². The van der Waals surface area contributed by atoms with Crippen LogP contribution in [0.3, 0.4) is 0 Å². The second-order valence-corrected chi connectivity index (χ2v) is 8.32. The van der Waals surface area contributed by atoms with Gasteiger partial charge in [0.15, 0.2) is 5.13 Å². The van der Waals surface area contributed by atoms with Crippen molar-refractivity contribution in [1.29, 1.82) is 0 Å². The lowest BCUT2D eigenvalue weighted by atomic mass is 10.2. The van der Waals surface area contributed by atoms with Crippen LogP contribution in [-0.4, -0.2) is 66.4 Å². The molecule has 0 radical (unpaired) electrons. The number of piperazine rings is 1. The van der Waals surface area contributed by atoms with Gasteiger partial charge < -0.3 is 20.9 Å². The summed E-state index contributed by atoms with van der Waals surface area (Å²) in [5, 5.41) is 5.23. The van der Waals surface area contributed by atoms with Gasteiger partial charge in [-0.15, -0.1) is 22.7 Å². The summed E-state index contributed by atoms with van der Waals surface area (Å²) in [7, 11) is 2.04. The number of carbonyl (C=O) groups is 2. The second kappa shape index (κ2) is 8.61. The molecule has 3 heterocycles. The number of hydrogen-bond donors (Lipinski definition) is 2. The Hall–Kier alpha value is -1.97. The zero-order valence-corrected chi connectivity index (χ0v) is 16.4. The van der Waals surface area contributed by atoms with E-state index in [0.717, 1.165) is 41.6 Å². The lowest BCUT2D eigenvalue weighted by molar-refractivity contribution is -0.134. The first-order valence-corrected chi connectivity index (χ1v) is 10.2.